The van der Waals surface area contributed by atoms with E-state index in [4.69, 9.17) is 10.5 Å². The fourth-order valence-electron chi connectivity index (χ4n) is 2.38. The zero-order chi connectivity index (χ0) is 15.7. The lowest BCUT2D eigenvalue weighted by atomic mass is 10.2. The van der Waals surface area contributed by atoms with E-state index in [0.29, 0.717) is 11.6 Å². The molecule has 1 aromatic rings. The second kappa shape index (κ2) is 5.59. The first kappa shape index (κ1) is 15.1. The van der Waals surface area contributed by atoms with Gasteiger partial charge in [0.15, 0.2) is 6.10 Å². The summed E-state index contributed by atoms with van der Waals surface area (Å²) in [6.45, 7) is 5.18. The van der Waals surface area contributed by atoms with E-state index >= 15 is 0 Å². The van der Waals surface area contributed by atoms with E-state index in [1.807, 2.05) is 19.2 Å². The largest absolute Gasteiger partial charge is 0.449 e. The van der Waals surface area contributed by atoms with Crippen molar-refractivity contribution < 1.29 is 19.1 Å². The second-order valence-electron chi connectivity index (χ2n) is 5.29. The lowest BCUT2D eigenvalue weighted by molar-refractivity contribution is -0.127. The van der Waals surface area contributed by atoms with Crippen molar-refractivity contribution in [3.05, 3.63) is 23.0 Å². The number of amides is 3. The van der Waals surface area contributed by atoms with Crippen LogP contribution in [0.25, 0.3) is 0 Å². The number of carbonyl (C=O) groups is 3. The van der Waals surface area contributed by atoms with Crippen molar-refractivity contribution in [2.75, 3.05) is 0 Å². The quantitative estimate of drug-likeness (QED) is 0.813. The van der Waals surface area contributed by atoms with Crippen LogP contribution in [0.15, 0.2) is 6.07 Å². The zero-order valence-corrected chi connectivity index (χ0v) is 12.3. The molecule has 1 aliphatic rings. The van der Waals surface area contributed by atoms with Crippen molar-refractivity contribution >= 4 is 17.9 Å². The number of urea groups is 1. The van der Waals surface area contributed by atoms with Gasteiger partial charge in [-0.3, -0.25) is 10.1 Å². The predicted octanol–water partition coefficient (Wildman–Crippen LogP) is 1.18. The molecule has 7 nitrogen and oxygen atoms in total. The summed E-state index contributed by atoms with van der Waals surface area (Å²) in [7, 11) is 0. The molecule has 0 radical (unpaired) electrons. The summed E-state index contributed by atoms with van der Waals surface area (Å²) in [6.07, 6.45) is 1.14. The first-order valence-corrected chi connectivity index (χ1v) is 6.81. The highest BCUT2D eigenvalue weighted by Crippen LogP contribution is 2.38. The summed E-state index contributed by atoms with van der Waals surface area (Å²) >= 11 is 0. The lowest BCUT2D eigenvalue weighted by Crippen LogP contribution is -2.42. The number of hydrogen-bond donors (Lipinski definition) is 2. The lowest BCUT2D eigenvalue weighted by Gasteiger charge is -2.12. The van der Waals surface area contributed by atoms with Crippen LogP contribution < -0.4 is 11.1 Å². The van der Waals surface area contributed by atoms with Crippen molar-refractivity contribution in [1.82, 2.24) is 9.88 Å². The number of aryl methyl sites for hydroxylation is 1. The maximum atomic E-state index is 12.1. The molecule has 114 valence electrons. The van der Waals surface area contributed by atoms with Gasteiger partial charge in [0.25, 0.3) is 5.91 Å². The van der Waals surface area contributed by atoms with E-state index in [-0.39, 0.29) is 0 Å². The van der Waals surface area contributed by atoms with Gasteiger partial charge in [0.05, 0.1) is 5.56 Å². The number of nitrogens with zero attached hydrogens (tertiary/aromatic N) is 1. The molecule has 1 fully saturated rings. The third-order valence-corrected chi connectivity index (χ3v) is 3.52. The fraction of sp³-hybridized carbons (Fsp3) is 0.500. The molecule has 2 rings (SSSR count). The molecule has 1 aliphatic carbocycles. The third kappa shape index (κ3) is 3.24. The van der Waals surface area contributed by atoms with Crippen LogP contribution in [0.2, 0.25) is 0 Å². The van der Waals surface area contributed by atoms with Crippen LogP contribution in [-0.4, -0.2) is 28.6 Å². The van der Waals surface area contributed by atoms with Crippen LogP contribution in [0, 0.1) is 13.8 Å². The van der Waals surface area contributed by atoms with Crippen LogP contribution in [0.3, 0.4) is 0 Å². The Bertz CT molecular complexity index is 602. The molecule has 21 heavy (non-hydrogen) atoms. The average Bonchev–Trinajstić information content (AvgIpc) is 3.15. The van der Waals surface area contributed by atoms with Crippen molar-refractivity contribution in [3.63, 3.8) is 0 Å². The molecular weight excluding hydrogens is 274 g/mol. The Morgan fingerprint density at radius 1 is 1.38 bits per heavy atom. The Balaban J connectivity index is 2.08. The smallest absolute Gasteiger partial charge is 0.340 e. The number of carbonyl (C=O) groups excluding carboxylic acids is 3. The van der Waals surface area contributed by atoms with Gasteiger partial charge in [-0.2, -0.15) is 0 Å². The summed E-state index contributed by atoms with van der Waals surface area (Å²) in [6, 6.07) is 1.24. The highest BCUT2D eigenvalue weighted by atomic mass is 16.5. The minimum Gasteiger partial charge on any atom is -0.449 e. The van der Waals surface area contributed by atoms with Crippen LogP contribution >= 0.6 is 0 Å². The number of nitrogens with one attached hydrogen (secondary N) is 1. The number of imide groups is 1. The van der Waals surface area contributed by atoms with Gasteiger partial charge in [0.1, 0.15) is 0 Å². The first-order chi connectivity index (χ1) is 9.81. The van der Waals surface area contributed by atoms with Gasteiger partial charge in [0.2, 0.25) is 0 Å². The van der Waals surface area contributed by atoms with Gasteiger partial charge in [-0.15, -0.1) is 0 Å². The normalized spacial score (nSPS) is 15.4. The minimum atomic E-state index is -1.09. The van der Waals surface area contributed by atoms with Crippen molar-refractivity contribution in [1.29, 1.82) is 0 Å². The molecule has 1 unspecified atom stereocenters. The number of ether oxygens (including phenoxy) is 1. The molecule has 0 bridgehead atoms. The van der Waals surface area contributed by atoms with Crippen LogP contribution in [0.1, 0.15) is 47.6 Å². The van der Waals surface area contributed by atoms with Crippen LogP contribution in [0.5, 0.6) is 0 Å². The summed E-state index contributed by atoms with van der Waals surface area (Å²) in [5.41, 5.74) is 7.12. The summed E-state index contributed by atoms with van der Waals surface area (Å²) in [5.74, 6) is -1.33. The van der Waals surface area contributed by atoms with E-state index < -0.39 is 24.0 Å². The summed E-state index contributed by atoms with van der Waals surface area (Å²) in [4.78, 5) is 34.2. The van der Waals surface area contributed by atoms with Gasteiger partial charge in [0, 0.05) is 17.4 Å². The topological polar surface area (TPSA) is 103 Å². The van der Waals surface area contributed by atoms with Crippen LogP contribution in [0.4, 0.5) is 4.79 Å². The van der Waals surface area contributed by atoms with Crippen molar-refractivity contribution in [2.45, 2.75) is 45.8 Å². The number of rotatable bonds is 4. The molecule has 0 spiro atoms. The Morgan fingerprint density at radius 2 is 2.00 bits per heavy atom. The monoisotopic (exact) mass is 293 g/mol. The van der Waals surface area contributed by atoms with Crippen molar-refractivity contribution in [3.8, 4) is 0 Å². The number of esters is 1. The molecule has 7 heteroatoms. The molecule has 3 amide bonds. The SMILES string of the molecule is Cc1cc(C(=O)OC(C)C(=O)NC(N)=O)c(C)n1C1CC1. The molecule has 1 atom stereocenters. The maximum Gasteiger partial charge on any atom is 0.340 e. The van der Waals surface area contributed by atoms with E-state index in [1.54, 1.807) is 6.07 Å². The molecule has 3 N–H and O–H groups in total. The van der Waals surface area contributed by atoms with E-state index in [2.05, 4.69) is 4.57 Å². The highest BCUT2D eigenvalue weighted by molar-refractivity contribution is 5.98. The molecule has 0 aromatic carbocycles. The first-order valence-electron chi connectivity index (χ1n) is 6.81. The zero-order valence-electron chi connectivity index (χ0n) is 12.3. The van der Waals surface area contributed by atoms with E-state index in [9.17, 15) is 14.4 Å². The van der Waals surface area contributed by atoms with Gasteiger partial charge in [-0.1, -0.05) is 0 Å². The Kier molecular flexibility index (Phi) is 4.02. The molecular formula is C14H19N3O4. The van der Waals surface area contributed by atoms with Gasteiger partial charge < -0.3 is 15.0 Å². The number of nitrogens with two attached hydrogens (primary N) is 1. The maximum absolute atomic E-state index is 12.1. The molecule has 1 saturated carbocycles. The van der Waals surface area contributed by atoms with Gasteiger partial charge >= 0.3 is 12.0 Å². The molecule has 0 aliphatic heterocycles. The highest BCUT2D eigenvalue weighted by Gasteiger charge is 2.29. The van der Waals surface area contributed by atoms with E-state index in [1.165, 1.54) is 6.92 Å². The van der Waals surface area contributed by atoms with Gasteiger partial charge in [-0.25, -0.2) is 9.59 Å². The van der Waals surface area contributed by atoms with Gasteiger partial charge in [-0.05, 0) is 39.7 Å². The van der Waals surface area contributed by atoms with Crippen molar-refractivity contribution in [2.24, 2.45) is 5.73 Å². The number of aromatic nitrogens is 1. The predicted molar refractivity (Wildman–Crippen MR) is 74.8 cm³/mol. The Morgan fingerprint density at radius 3 is 2.52 bits per heavy atom. The third-order valence-electron chi connectivity index (χ3n) is 3.52. The Labute approximate surface area is 122 Å². The van der Waals surface area contributed by atoms with Crippen LogP contribution in [-0.2, 0) is 9.53 Å². The summed E-state index contributed by atoms with van der Waals surface area (Å²) < 4.78 is 7.19. The number of primary amides is 1. The second-order valence-corrected chi connectivity index (χ2v) is 5.29. The molecule has 0 saturated heterocycles. The molecule has 1 heterocycles. The fourth-order valence-corrected chi connectivity index (χ4v) is 2.38. The average molecular weight is 293 g/mol. The Hall–Kier alpha value is -2.31. The van der Waals surface area contributed by atoms with E-state index in [0.717, 1.165) is 24.2 Å². The standard InChI is InChI=1S/C14H19N3O4/c1-7-6-11(8(2)17(7)10-4-5-10)13(19)21-9(3)12(18)16-14(15)20/h6,9-10H,4-5H2,1-3H3,(H3,15,16,18,20). The summed E-state index contributed by atoms with van der Waals surface area (Å²) in [5, 5.41) is 1.88. The number of hydrogen-bond acceptors (Lipinski definition) is 4. The molecule has 1 aromatic heterocycles. The minimum absolute atomic E-state index is 0.443.